The molecule has 0 fully saturated rings. The summed E-state index contributed by atoms with van der Waals surface area (Å²) in [7, 11) is 1.63. The molecule has 0 bridgehead atoms. The van der Waals surface area contributed by atoms with Crippen molar-refractivity contribution >= 4 is 5.95 Å². The zero-order valence-electron chi connectivity index (χ0n) is 8.94. The molecule has 0 spiro atoms. The predicted octanol–water partition coefficient (Wildman–Crippen LogP) is 1.69. The van der Waals surface area contributed by atoms with Crippen LogP contribution in [0.15, 0.2) is 12.4 Å². The summed E-state index contributed by atoms with van der Waals surface area (Å²) in [5, 5.41) is 8.61. The first-order valence-electron chi connectivity index (χ1n) is 4.41. The Morgan fingerprint density at radius 2 is 1.79 bits per heavy atom. The topological polar surface area (TPSA) is 52.8 Å². The highest BCUT2D eigenvalue weighted by molar-refractivity contribution is 5.34. The van der Waals surface area contributed by atoms with E-state index < -0.39 is 0 Å². The van der Waals surface area contributed by atoms with E-state index in [-0.39, 0.29) is 5.41 Å². The fourth-order valence-electron chi connectivity index (χ4n) is 0.926. The maximum absolute atomic E-state index is 8.61. The zero-order valence-corrected chi connectivity index (χ0v) is 8.94. The molecule has 0 aromatic carbocycles. The number of nitriles is 1. The summed E-state index contributed by atoms with van der Waals surface area (Å²) in [4.78, 5) is 9.54. The van der Waals surface area contributed by atoms with Crippen molar-refractivity contribution in [2.45, 2.75) is 26.2 Å². The maximum Gasteiger partial charge on any atom is 0.238 e. The van der Waals surface area contributed by atoms with Crippen molar-refractivity contribution in [3.63, 3.8) is 0 Å². The molecule has 1 aromatic rings. The molecule has 0 aliphatic heterocycles. The molecule has 14 heavy (non-hydrogen) atoms. The molecule has 74 valence electrons. The van der Waals surface area contributed by atoms with Crippen LogP contribution in [0, 0.1) is 11.5 Å². The first kappa shape index (κ1) is 10.5. The van der Waals surface area contributed by atoms with Crippen LogP contribution >= 0.6 is 0 Å². The number of anilines is 1. The Hall–Kier alpha value is -1.63. The highest BCUT2D eigenvalue weighted by atomic mass is 15.2. The van der Waals surface area contributed by atoms with E-state index in [0.29, 0.717) is 5.95 Å². The second-order valence-corrected chi connectivity index (χ2v) is 4.18. The Bertz CT molecular complexity index is 342. The zero-order chi connectivity index (χ0) is 10.8. The number of rotatable bonds is 1. The van der Waals surface area contributed by atoms with Gasteiger partial charge in [-0.2, -0.15) is 5.26 Å². The minimum Gasteiger partial charge on any atom is -0.250 e. The highest BCUT2D eigenvalue weighted by Crippen LogP contribution is 2.20. The number of nitrogens with zero attached hydrogens (tertiary/aromatic N) is 4. The number of aromatic nitrogens is 2. The van der Waals surface area contributed by atoms with Gasteiger partial charge in [0.2, 0.25) is 5.95 Å². The highest BCUT2D eigenvalue weighted by Gasteiger charge is 2.14. The average molecular weight is 190 g/mol. The van der Waals surface area contributed by atoms with Crippen molar-refractivity contribution < 1.29 is 0 Å². The van der Waals surface area contributed by atoms with Gasteiger partial charge in [0, 0.05) is 19.4 Å². The fraction of sp³-hybridized carbons (Fsp3) is 0.500. The second kappa shape index (κ2) is 3.62. The Morgan fingerprint density at radius 3 is 2.14 bits per heavy atom. The summed E-state index contributed by atoms with van der Waals surface area (Å²) in [6.07, 6.45) is 5.47. The normalized spacial score (nSPS) is 10.8. The van der Waals surface area contributed by atoms with Crippen LogP contribution in [0.1, 0.15) is 26.3 Å². The third-order valence-electron chi connectivity index (χ3n) is 1.95. The lowest BCUT2D eigenvalue weighted by Crippen LogP contribution is -2.16. The standard InChI is InChI=1S/C10H14N4/c1-10(2,3)8-5-12-9(13-6-8)14(4)7-11/h5-6H,1-4H3. The Labute approximate surface area is 84.2 Å². The third kappa shape index (κ3) is 2.19. The number of hydrogen-bond donors (Lipinski definition) is 0. The van der Waals surface area contributed by atoms with Crippen molar-refractivity contribution in [1.29, 1.82) is 5.26 Å². The quantitative estimate of drug-likeness (QED) is 0.499. The molecule has 0 saturated heterocycles. The van der Waals surface area contributed by atoms with Gasteiger partial charge in [0.25, 0.3) is 0 Å². The fourth-order valence-corrected chi connectivity index (χ4v) is 0.926. The molecule has 0 aliphatic rings. The summed E-state index contributed by atoms with van der Waals surface area (Å²) in [5.74, 6) is 0.431. The molecule has 1 heterocycles. The van der Waals surface area contributed by atoms with Crippen molar-refractivity contribution in [2.75, 3.05) is 11.9 Å². The lowest BCUT2D eigenvalue weighted by atomic mass is 9.89. The molecule has 0 atom stereocenters. The van der Waals surface area contributed by atoms with Crippen molar-refractivity contribution in [2.24, 2.45) is 0 Å². The Morgan fingerprint density at radius 1 is 1.29 bits per heavy atom. The Balaban J connectivity index is 2.96. The van der Waals surface area contributed by atoms with Crippen molar-refractivity contribution in [1.82, 2.24) is 9.97 Å². The van der Waals surface area contributed by atoms with E-state index in [0.717, 1.165) is 5.56 Å². The second-order valence-electron chi connectivity index (χ2n) is 4.18. The summed E-state index contributed by atoms with van der Waals surface area (Å²) in [5.41, 5.74) is 1.11. The van der Waals surface area contributed by atoms with Crippen LogP contribution in [0.5, 0.6) is 0 Å². The molecular formula is C10H14N4. The van der Waals surface area contributed by atoms with Gasteiger partial charge in [-0.1, -0.05) is 20.8 Å². The van der Waals surface area contributed by atoms with Gasteiger partial charge >= 0.3 is 0 Å². The minimum atomic E-state index is 0.0454. The van der Waals surface area contributed by atoms with Gasteiger partial charge in [0.05, 0.1) is 0 Å². The molecule has 4 heteroatoms. The van der Waals surface area contributed by atoms with Gasteiger partial charge in [-0.25, -0.2) is 9.97 Å². The molecular weight excluding hydrogens is 176 g/mol. The van der Waals surface area contributed by atoms with Crippen LogP contribution in [-0.4, -0.2) is 17.0 Å². The Kier molecular flexibility index (Phi) is 2.70. The third-order valence-corrected chi connectivity index (χ3v) is 1.95. The maximum atomic E-state index is 8.61. The van der Waals surface area contributed by atoms with E-state index in [9.17, 15) is 0 Å². The van der Waals surface area contributed by atoms with Crippen LogP contribution in [0.4, 0.5) is 5.95 Å². The van der Waals surface area contributed by atoms with Crippen LogP contribution in [0.25, 0.3) is 0 Å². The van der Waals surface area contributed by atoms with E-state index in [1.54, 1.807) is 19.4 Å². The van der Waals surface area contributed by atoms with Gasteiger partial charge in [0.15, 0.2) is 6.19 Å². The monoisotopic (exact) mass is 190 g/mol. The van der Waals surface area contributed by atoms with Crippen molar-refractivity contribution in [3.05, 3.63) is 18.0 Å². The van der Waals surface area contributed by atoms with Gasteiger partial charge < -0.3 is 0 Å². The smallest absolute Gasteiger partial charge is 0.238 e. The van der Waals surface area contributed by atoms with Gasteiger partial charge in [-0.05, 0) is 11.0 Å². The van der Waals surface area contributed by atoms with E-state index in [4.69, 9.17) is 5.26 Å². The molecule has 1 aromatic heterocycles. The van der Waals surface area contributed by atoms with Crippen LogP contribution < -0.4 is 4.90 Å². The van der Waals surface area contributed by atoms with Crippen LogP contribution in [-0.2, 0) is 5.41 Å². The molecule has 4 nitrogen and oxygen atoms in total. The molecule has 0 N–H and O–H groups in total. The molecule has 0 unspecified atom stereocenters. The lowest BCUT2D eigenvalue weighted by molar-refractivity contribution is 0.584. The van der Waals surface area contributed by atoms with Gasteiger partial charge in [-0.3, -0.25) is 4.90 Å². The first-order chi connectivity index (χ1) is 6.45. The van der Waals surface area contributed by atoms with Gasteiger partial charge in [-0.15, -0.1) is 0 Å². The van der Waals surface area contributed by atoms with Crippen LogP contribution in [0.3, 0.4) is 0 Å². The molecule has 0 saturated carbocycles. The minimum absolute atomic E-state index is 0.0454. The van der Waals surface area contributed by atoms with E-state index >= 15 is 0 Å². The molecule has 0 radical (unpaired) electrons. The largest absolute Gasteiger partial charge is 0.250 e. The van der Waals surface area contributed by atoms with Crippen LogP contribution in [0.2, 0.25) is 0 Å². The molecule has 0 amide bonds. The SMILES string of the molecule is CN(C#N)c1ncc(C(C)(C)C)cn1. The van der Waals surface area contributed by atoms with E-state index in [1.165, 1.54) is 4.90 Å². The van der Waals surface area contributed by atoms with E-state index in [1.807, 2.05) is 6.19 Å². The molecule has 0 aliphatic carbocycles. The van der Waals surface area contributed by atoms with E-state index in [2.05, 4.69) is 30.7 Å². The molecule has 1 rings (SSSR count). The van der Waals surface area contributed by atoms with Gasteiger partial charge in [0.1, 0.15) is 0 Å². The number of hydrogen-bond acceptors (Lipinski definition) is 4. The summed E-state index contributed by atoms with van der Waals surface area (Å²) in [6.45, 7) is 6.29. The van der Waals surface area contributed by atoms with Crippen molar-refractivity contribution in [3.8, 4) is 6.19 Å². The predicted molar refractivity (Wildman–Crippen MR) is 54.7 cm³/mol. The lowest BCUT2D eigenvalue weighted by Gasteiger charge is -2.18. The summed E-state index contributed by atoms with van der Waals surface area (Å²) < 4.78 is 0. The average Bonchev–Trinajstić information content (AvgIpc) is 2.15. The summed E-state index contributed by atoms with van der Waals surface area (Å²) in [6, 6.07) is 0. The summed E-state index contributed by atoms with van der Waals surface area (Å²) >= 11 is 0. The first-order valence-corrected chi connectivity index (χ1v) is 4.41.